The molecule has 5 nitrogen and oxygen atoms in total. The number of nitrogens with zero attached hydrogens (tertiary/aromatic N) is 1. The molecule has 0 aliphatic carbocycles. The molecule has 0 saturated carbocycles. The first-order chi connectivity index (χ1) is 10.1. The number of nitrogens with two attached hydrogens (primary N) is 1. The fraction of sp³-hybridized carbons (Fsp3) is 0.533. The van der Waals surface area contributed by atoms with Crippen molar-refractivity contribution in [3.63, 3.8) is 0 Å². The maximum atomic E-state index is 10.9. The number of nitrogens with one attached hydrogen (secondary N) is 1. The van der Waals surface area contributed by atoms with Crippen LogP contribution in [0.3, 0.4) is 0 Å². The van der Waals surface area contributed by atoms with Gasteiger partial charge in [-0.05, 0) is 31.0 Å². The van der Waals surface area contributed by atoms with Gasteiger partial charge in [-0.25, -0.2) is 0 Å². The van der Waals surface area contributed by atoms with E-state index in [2.05, 4.69) is 10.2 Å². The molecule has 1 aliphatic heterocycles. The Labute approximate surface area is 130 Å². The number of methoxy groups -OCH3 is 1. The summed E-state index contributed by atoms with van der Waals surface area (Å²) in [6.45, 7) is 2.87. The summed E-state index contributed by atoms with van der Waals surface area (Å²) >= 11 is 6.03. The second kappa shape index (κ2) is 7.64. The standard InChI is InChI=1S/C15H22ClN3O2/c1-21-14-3-2-12(16)8-11(14)9-18-13-4-6-19(7-5-13)10-15(17)20/h2-3,8,13,18H,4-7,9-10H2,1H3,(H2,17,20). The SMILES string of the molecule is COc1ccc(Cl)cc1CNC1CCN(CC(N)=O)CC1. The van der Waals surface area contributed by atoms with Crippen LogP contribution < -0.4 is 15.8 Å². The molecule has 2 rings (SSSR count). The number of amides is 1. The number of benzene rings is 1. The highest BCUT2D eigenvalue weighted by molar-refractivity contribution is 6.30. The molecule has 116 valence electrons. The van der Waals surface area contributed by atoms with Crippen LogP contribution in [0.4, 0.5) is 0 Å². The summed E-state index contributed by atoms with van der Waals surface area (Å²) in [5.41, 5.74) is 6.28. The highest BCUT2D eigenvalue weighted by atomic mass is 35.5. The molecule has 1 amide bonds. The predicted octanol–water partition coefficient (Wildman–Crippen LogP) is 1.39. The van der Waals surface area contributed by atoms with Crippen molar-refractivity contribution in [3.8, 4) is 5.75 Å². The molecule has 1 heterocycles. The van der Waals surface area contributed by atoms with E-state index in [0.29, 0.717) is 17.6 Å². The molecule has 21 heavy (non-hydrogen) atoms. The van der Waals surface area contributed by atoms with Crippen LogP contribution >= 0.6 is 11.6 Å². The van der Waals surface area contributed by atoms with Gasteiger partial charge < -0.3 is 15.8 Å². The minimum Gasteiger partial charge on any atom is -0.496 e. The Morgan fingerprint density at radius 2 is 2.19 bits per heavy atom. The quantitative estimate of drug-likeness (QED) is 0.833. The molecule has 0 bridgehead atoms. The molecule has 1 aromatic carbocycles. The van der Waals surface area contributed by atoms with Gasteiger partial charge in [0.15, 0.2) is 0 Å². The minimum atomic E-state index is -0.259. The van der Waals surface area contributed by atoms with Gasteiger partial charge in [0.25, 0.3) is 0 Å². The summed E-state index contributed by atoms with van der Waals surface area (Å²) in [5, 5.41) is 4.24. The molecule has 1 aliphatic rings. The Morgan fingerprint density at radius 3 is 2.81 bits per heavy atom. The third kappa shape index (κ3) is 4.88. The number of hydrogen-bond acceptors (Lipinski definition) is 4. The number of primary amides is 1. The van der Waals surface area contributed by atoms with E-state index in [-0.39, 0.29) is 5.91 Å². The maximum Gasteiger partial charge on any atom is 0.231 e. The molecule has 1 saturated heterocycles. The highest BCUT2D eigenvalue weighted by Crippen LogP contribution is 2.23. The van der Waals surface area contributed by atoms with E-state index < -0.39 is 0 Å². The van der Waals surface area contributed by atoms with Crippen LogP contribution in [0.15, 0.2) is 18.2 Å². The normalized spacial score (nSPS) is 16.9. The van der Waals surface area contributed by atoms with E-state index in [9.17, 15) is 4.79 Å². The summed E-state index contributed by atoms with van der Waals surface area (Å²) in [7, 11) is 1.66. The van der Waals surface area contributed by atoms with Gasteiger partial charge in [-0.1, -0.05) is 11.6 Å². The first-order valence-electron chi connectivity index (χ1n) is 7.15. The maximum absolute atomic E-state index is 10.9. The lowest BCUT2D eigenvalue weighted by atomic mass is 10.0. The van der Waals surface area contributed by atoms with Gasteiger partial charge in [-0.3, -0.25) is 9.69 Å². The Balaban J connectivity index is 1.82. The fourth-order valence-electron chi connectivity index (χ4n) is 2.66. The van der Waals surface area contributed by atoms with Crippen LogP contribution in [0.5, 0.6) is 5.75 Å². The van der Waals surface area contributed by atoms with Gasteiger partial charge in [-0.15, -0.1) is 0 Å². The van der Waals surface area contributed by atoms with E-state index in [4.69, 9.17) is 22.1 Å². The Hall–Kier alpha value is -1.30. The zero-order valence-corrected chi connectivity index (χ0v) is 13.0. The second-order valence-electron chi connectivity index (χ2n) is 5.35. The van der Waals surface area contributed by atoms with E-state index in [1.165, 1.54) is 0 Å². The lowest BCUT2D eigenvalue weighted by molar-refractivity contribution is -0.119. The predicted molar refractivity (Wildman–Crippen MR) is 83.5 cm³/mol. The summed E-state index contributed by atoms with van der Waals surface area (Å²) in [5.74, 6) is 0.586. The second-order valence-corrected chi connectivity index (χ2v) is 5.79. The van der Waals surface area contributed by atoms with Crippen molar-refractivity contribution in [2.75, 3.05) is 26.7 Å². The number of hydrogen-bond donors (Lipinski definition) is 2. The third-order valence-corrected chi connectivity index (χ3v) is 4.03. The van der Waals surface area contributed by atoms with Crippen LogP contribution in [-0.2, 0) is 11.3 Å². The molecule has 0 atom stereocenters. The highest BCUT2D eigenvalue weighted by Gasteiger charge is 2.20. The first kappa shape index (κ1) is 16.1. The lowest BCUT2D eigenvalue weighted by Crippen LogP contribution is -2.45. The average Bonchev–Trinajstić information content (AvgIpc) is 2.46. The Morgan fingerprint density at radius 1 is 1.48 bits per heavy atom. The Bertz CT molecular complexity index is 488. The molecule has 3 N–H and O–H groups in total. The van der Waals surface area contributed by atoms with Crippen LogP contribution in [0, 0.1) is 0 Å². The molecule has 0 radical (unpaired) electrons. The van der Waals surface area contributed by atoms with Gasteiger partial charge in [0.1, 0.15) is 5.75 Å². The monoisotopic (exact) mass is 311 g/mol. The summed E-state index contributed by atoms with van der Waals surface area (Å²) < 4.78 is 5.34. The molecule has 0 spiro atoms. The average molecular weight is 312 g/mol. The van der Waals surface area contributed by atoms with Crippen molar-refractivity contribution >= 4 is 17.5 Å². The smallest absolute Gasteiger partial charge is 0.231 e. The number of ether oxygens (including phenoxy) is 1. The number of rotatable bonds is 6. The zero-order valence-electron chi connectivity index (χ0n) is 12.3. The van der Waals surface area contributed by atoms with Gasteiger partial charge in [0.2, 0.25) is 5.91 Å². The zero-order chi connectivity index (χ0) is 15.2. The van der Waals surface area contributed by atoms with Crippen molar-refractivity contribution in [3.05, 3.63) is 28.8 Å². The summed E-state index contributed by atoms with van der Waals surface area (Å²) in [6.07, 6.45) is 2.02. The van der Waals surface area contributed by atoms with Crippen molar-refractivity contribution in [2.24, 2.45) is 5.73 Å². The molecule has 0 aromatic heterocycles. The molecule has 6 heteroatoms. The van der Waals surface area contributed by atoms with Gasteiger partial charge in [0, 0.05) is 36.3 Å². The largest absolute Gasteiger partial charge is 0.496 e. The first-order valence-corrected chi connectivity index (χ1v) is 7.52. The number of carbonyl (C=O) groups excluding carboxylic acids is 1. The van der Waals surface area contributed by atoms with Gasteiger partial charge in [0.05, 0.1) is 13.7 Å². The van der Waals surface area contributed by atoms with E-state index in [1.807, 2.05) is 18.2 Å². The van der Waals surface area contributed by atoms with Crippen molar-refractivity contribution in [1.82, 2.24) is 10.2 Å². The number of piperidine rings is 1. The van der Waals surface area contributed by atoms with Crippen molar-refractivity contribution in [1.29, 1.82) is 0 Å². The molecule has 1 aromatic rings. The van der Waals surface area contributed by atoms with E-state index in [0.717, 1.165) is 43.8 Å². The van der Waals surface area contributed by atoms with Gasteiger partial charge in [-0.2, -0.15) is 0 Å². The van der Waals surface area contributed by atoms with Gasteiger partial charge >= 0.3 is 0 Å². The third-order valence-electron chi connectivity index (χ3n) is 3.79. The molecular formula is C15H22ClN3O2. The summed E-state index contributed by atoms with van der Waals surface area (Å²) in [6, 6.07) is 6.08. The lowest BCUT2D eigenvalue weighted by Gasteiger charge is -2.31. The van der Waals surface area contributed by atoms with Crippen molar-refractivity contribution in [2.45, 2.75) is 25.4 Å². The molecule has 0 unspecified atom stereocenters. The fourth-order valence-corrected chi connectivity index (χ4v) is 2.85. The van der Waals surface area contributed by atoms with Crippen molar-refractivity contribution < 1.29 is 9.53 Å². The Kier molecular flexibility index (Phi) is 5.85. The van der Waals surface area contributed by atoms with Crippen LogP contribution in [0.25, 0.3) is 0 Å². The summed E-state index contributed by atoms with van der Waals surface area (Å²) in [4.78, 5) is 13.0. The molecular weight excluding hydrogens is 290 g/mol. The topological polar surface area (TPSA) is 67.6 Å². The number of halogens is 1. The number of carbonyl (C=O) groups is 1. The van der Waals surface area contributed by atoms with Crippen LogP contribution in [-0.4, -0.2) is 43.6 Å². The molecule has 1 fully saturated rings. The van der Waals surface area contributed by atoms with Crippen LogP contribution in [0.2, 0.25) is 5.02 Å². The van der Waals surface area contributed by atoms with Crippen LogP contribution in [0.1, 0.15) is 18.4 Å². The van der Waals surface area contributed by atoms with E-state index >= 15 is 0 Å². The number of likely N-dealkylation sites (tertiary alicyclic amines) is 1. The minimum absolute atomic E-state index is 0.259. The van der Waals surface area contributed by atoms with E-state index in [1.54, 1.807) is 7.11 Å².